The molecule has 2 N–H and O–H groups in total. The third-order valence-corrected chi connectivity index (χ3v) is 4.29. The molecule has 2 aromatic carbocycles. The third-order valence-electron chi connectivity index (χ3n) is 3.92. The van der Waals surface area contributed by atoms with Gasteiger partial charge in [-0.05, 0) is 42.3 Å². The number of hydrazone groups is 1. The van der Waals surface area contributed by atoms with Gasteiger partial charge in [0.1, 0.15) is 12.4 Å². The van der Waals surface area contributed by atoms with Gasteiger partial charge in [0.15, 0.2) is 0 Å². The number of aryl methyl sites for hydroxylation is 1. The molecule has 0 saturated carbocycles. The van der Waals surface area contributed by atoms with Crippen molar-refractivity contribution in [3.8, 4) is 5.75 Å². The average Bonchev–Trinajstić information content (AvgIpc) is 2.68. The molecule has 28 heavy (non-hydrogen) atoms. The van der Waals surface area contributed by atoms with Crippen LogP contribution in [0, 0.1) is 0 Å². The molecule has 6 nitrogen and oxygen atoms in total. The summed E-state index contributed by atoms with van der Waals surface area (Å²) in [6.45, 7) is 2.44. The summed E-state index contributed by atoms with van der Waals surface area (Å²) in [5.74, 6) is 1.06. The number of halogens is 1. The molecule has 144 valence electrons. The van der Waals surface area contributed by atoms with Crippen LogP contribution in [-0.2, 0) is 13.0 Å². The zero-order chi connectivity index (χ0) is 19.8. The number of nitrogens with zero attached hydrogens (tertiary/aromatic N) is 2. The lowest BCUT2D eigenvalue weighted by atomic mass is 10.2. The highest BCUT2D eigenvalue weighted by atomic mass is 35.5. The minimum absolute atomic E-state index is 0.198. The Kier molecular flexibility index (Phi) is 6.81. The fourth-order valence-electron chi connectivity index (χ4n) is 2.54. The highest BCUT2D eigenvalue weighted by molar-refractivity contribution is 6.31. The lowest BCUT2D eigenvalue weighted by molar-refractivity contribution is 0.306. The Balaban J connectivity index is 1.57. The Morgan fingerprint density at radius 3 is 2.75 bits per heavy atom. The van der Waals surface area contributed by atoms with Gasteiger partial charge in [0.2, 0.25) is 5.95 Å². The first-order valence-electron chi connectivity index (χ1n) is 8.99. The average molecular weight is 397 g/mol. The molecule has 3 aromatic rings. The predicted octanol–water partition coefficient (Wildman–Crippen LogP) is 4.40. The minimum Gasteiger partial charge on any atom is -0.489 e. The van der Waals surface area contributed by atoms with E-state index in [0.717, 1.165) is 35.4 Å². The second-order valence-electron chi connectivity index (χ2n) is 6.15. The summed E-state index contributed by atoms with van der Waals surface area (Å²) in [5, 5.41) is 4.81. The van der Waals surface area contributed by atoms with E-state index >= 15 is 0 Å². The van der Waals surface area contributed by atoms with E-state index < -0.39 is 0 Å². The number of aromatic nitrogens is 2. The molecule has 0 unspecified atom stereocenters. The van der Waals surface area contributed by atoms with Gasteiger partial charge >= 0.3 is 0 Å². The van der Waals surface area contributed by atoms with Crippen molar-refractivity contribution in [1.29, 1.82) is 0 Å². The van der Waals surface area contributed by atoms with Crippen molar-refractivity contribution in [3.63, 3.8) is 0 Å². The first kappa shape index (κ1) is 19.6. The molecule has 0 spiro atoms. The molecule has 0 aliphatic carbocycles. The second-order valence-corrected chi connectivity index (χ2v) is 6.56. The van der Waals surface area contributed by atoms with E-state index in [1.54, 1.807) is 6.21 Å². The van der Waals surface area contributed by atoms with E-state index in [0.29, 0.717) is 17.6 Å². The van der Waals surface area contributed by atoms with E-state index in [-0.39, 0.29) is 5.56 Å². The summed E-state index contributed by atoms with van der Waals surface area (Å²) in [6.07, 6.45) is 3.31. The summed E-state index contributed by atoms with van der Waals surface area (Å²) in [6, 6.07) is 16.6. The summed E-state index contributed by atoms with van der Waals surface area (Å²) < 4.78 is 5.76. The number of hydrogen-bond donors (Lipinski definition) is 2. The molecule has 7 heteroatoms. The van der Waals surface area contributed by atoms with Crippen molar-refractivity contribution >= 4 is 23.8 Å². The van der Waals surface area contributed by atoms with Crippen LogP contribution in [-0.4, -0.2) is 16.2 Å². The largest absolute Gasteiger partial charge is 0.489 e. The maximum atomic E-state index is 11.6. The molecule has 3 rings (SSSR count). The van der Waals surface area contributed by atoms with Gasteiger partial charge in [0.25, 0.3) is 5.56 Å². The Labute approximate surface area is 168 Å². The number of aromatic amines is 1. The van der Waals surface area contributed by atoms with E-state index in [1.165, 1.54) is 6.07 Å². The first-order chi connectivity index (χ1) is 13.6. The van der Waals surface area contributed by atoms with Crippen molar-refractivity contribution in [2.45, 2.75) is 26.4 Å². The quantitative estimate of drug-likeness (QED) is 0.437. The fourth-order valence-corrected chi connectivity index (χ4v) is 2.73. The van der Waals surface area contributed by atoms with Gasteiger partial charge < -0.3 is 4.74 Å². The van der Waals surface area contributed by atoms with Crippen LogP contribution in [0.5, 0.6) is 5.75 Å². The molecule has 0 amide bonds. The molecule has 1 aromatic heterocycles. The lowest BCUT2D eigenvalue weighted by Gasteiger charge is -2.07. The molecular formula is C21H21ClN4O2. The number of nitrogens with one attached hydrogen (secondary N) is 2. The van der Waals surface area contributed by atoms with Crippen LogP contribution in [0.2, 0.25) is 5.02 Å². The molecule has 0 atom stereocenters. The number of H-pyrrole nitrogens is 1. The van der Waals surface area contributed by atoms with Crippen molar-refractivity contribution < 1.29 is 4.74 Å². The van der Waals surface area contributed by atoms with Gasteiger partial charge in [-0.2, -0.15) is 5.10 Å². The Morgan fingerprint density at radius 1 is 1.21 bits per heavy atom. The molecule has 0 aliphatic rings. The third kappa shape index (κ3) is 5.69. The van der Waals surface area contributed by atoms with Crippen LogP contribution in [0.3, 0.4) is 0 Å². The molecular weight excluding hydrogens is 376 g/mol. The van der Waals surface area contributed by atoms with Crippen LogP contribution in [0.25, 0.3) is 0 Å². The molecule has 0 aliphatic heterocycles. The van der Waals surface area contributed by atoms with E-state index in [1.807, 2.05) is 55.5 Å². The van der Waals surface area contributed by atoms with Crippen molar-refractivity contribution in [2.24, 2.45) is 5.10 Å². The van der Waals surface area contributed by atoms with Gasteiger partial charge in [0.05, 0.1) is 6.21 Å². The standard InChI is InChI=1S/C21H21ClN4O2/c1-2-5-17-12-20(27)25-21(24-17)26-23-13-15-8-10-18(11-9-15)28-14-16-6-3-4-7-19(16)22/h3-4,6-13H,2,5,14H2,1H3,(H2,24,25,26,27)/b23-13+. The van der Waals surface area contributed by atoms with Crippen LogP contribution in [0.1, 0.15) is 30.2 Å². The van der Waals surface area contributed by atoms with E-state index in [9.17, 15) is 4.79 Å². The normalized spacial score (nSPS) is 10.9. The van der Waals surface area contributed by atoms with E-state index in [4.69, 9.17) is 16.3 Å². The van der Waals surface area contributed by atoms with Gasteiger partial charge in [-0.25, -0.2) is 10.4 Å². The Hall–Kier alpha value is -3.12. The Morgan fingerprint density at radius 2 is 2.00 bits per heavy atom. The van der Waals surface area contributed by atoms with Crippen LogP contribution < -0.4 is 15.7 Å². The maximum absolute atomic E-state index is 11.6. The minimum atomic E-state index is -0.198. The maximum Gasteiger partial charge on any atom is 0.252 e. The highest BCUT2D eigenvalue weighted by Crippen LogP contribution is 2.18. The number of ether oxygens (including phenoxy) is 1. The zero-order valence-corrected chi connectivity index (χ0v) is 16.2. The SMILES string of the molecule is CCCc1cc(=O)[nH]c(N/N=C/c2ccc(OCc3ccccc3Cl)cc2)n1. The van der Waals surface area contributed by atoms with Crippen LogP contribution >= 0.6 is 11.6 Å². The molecule has 1 heterocycles. The monoisotopic (exact) mass is 396 g/mol. The Bertz CT molecular complexity index is 1000. The number of hydrogen-bond acceptors (Lipinski definition) is 5. The summed E-state index contributed by atoms with van der Waals surface area (Å²) in [7, 11) is 0. The molecule has 0 bridgehead atoms. The zero-order valence-electron chi connectivity index (χ0n) is 15.5. The molecule has 0 saturated heterocycles. The van der Waals surface area contributed by atoms with Gasteiger partial charge in [-0.1, -0.05) is 43.1 Å². The molecule has 0 fully saturated rings. The van der Waals surface area contributed by atoms with E-state index in [2.05, 4.69) is 20.5 Å². The lowest BCUT2D eigenvalue weighted by Crippen LogP contribution is -2.11. The second kappa shape index (κ2) is 9.71. The predicted molar refractivity (Wildman–Crippen MR) is 112 cm³/mol. The topological polar surface area (TPSA) is 79.4 Å². The van der Waals surface area contributed by atoms with Gasteiger partial charge in [-0.3, -0.25) is 9.78 Å². The first-order valence-corrected chi connectivity index (χ1v) is 9.37. The van der Waals surface area contributed by atoms with Gasteiger partial charge in [-0.15, -0.1) is 0 Å². The number of rotatable bonds is 8. The highest BCUT2D eigenvalue weighted by Gasteiger charge is 2.01. The summed E-state index contributed by atoms with van der Waals surface area (Å²) >= 11 is 6.13. The van der Waals surface area contributed by atoms with Crippen molar-refractivity contribution in [1.82, 2.24) is 9.97 Å². The summed E-state index contributed by atoms with van der Waals surface area (Å²) in [5.41, 5.74) is 5.11. The number of benzene rings is 2. The van der Waals surface area contributed by atoms with Crippen LogP contribution in [0.15, 0.2) is 64.5 Å². The number of anilines is 1. The summed E-state index contributed by atoms with van der Waals surface area (Å²) in [4.78, 5) is 18.6. The molecule has 0 radical (unpaired) electrons. The van der Waals surface area contributed by atoms with Crippen LogP contribution in [0.4, 0.5) is 5.95 Å². The van der Waals surface area contributed by atoms with Gasteiger partial charge in [0, 0.05) is 22.3 Å². The smallest absolute Gasteiger partial charge is 0.252 e. The fraction of sp³-hybridized carbons (Fsp3) is 0.190. The van der Waals surface area contributed by atoms with Crippen molar-refractivity contribution in [2.75, 3.05) is 5.43 Å². The van der Waals surface area contributed by atoms with Crippen molar-refractivity contribution in [3.05, 3.63) is 86.8 Å².